The molecule has 2 unspecified atom stereocenters. The number of sulfone groups is 1. The lowest BCUT2D eigenvalue weighted by Crippen LogP contribution is -2.52. The van der Waals surface area contributed by atoms with Crippen molar-refractivity contribution < 1.29 is 17.9 Å². The Bertz CT molecular complexity index is 612. The fourth-order valence-corrected chi connectivity index (χ4v) is 4.21. The van der Waals surface area contributed by atoms with Gasteiger partial charge in [0.25, 0.3) is 5.91 Å². The first-order valence-corrected chi connectivity index (χ1v) is 8.23. The van der Waals surface area contributed by atoms with Gasteiger partial charge in [0.1, 0.15) is 6.61 Å². The van der Waals surface area contributed by atoms with E-state index in [1.165, 1.54) is 0 Å². The van der Waals surface area contributed by atoms with Crippen LogP contribution in [-0.2, 0) is 16.4 Å². The van der Waals surface area contributed by atoms with E-state index in [4.69, 9.17) is 4.74 Å². The Hall–Kier alpha value is -1.57. The first-order valence-electron chi connectivity index (χ1n) is 6.62. The third kappa shape index (κ3) is 1.98. The summed E-state index contributed by atoms with van der Waals surface area (Å²) in [5.74, 6) is 0.364. The molecule has 3 rings (SSSR count). The lowest BCUT2D eigenvalue weighted by atomic mass is 10.3. The van der Waals surface area contributed by atoms with Crippen LogP contribution in [0.3, 0.4) is 0 Å². The van der Waals surface area contributed by atoms with Crippen molar-refractivity contribution in [2.45, 2.75) is 30.9 Å². The zero-order chi connectivity index (χ0) is 14.5. The highest BCUT2D eigenvalue weighted by Gasteiger charge is 2.38. The van der Waals surface area contributed by atoms with Crippen molar-refractivity contribution in [3.63, 3.8) is 0 Å². The van der Waals surface area contributed by atoms with Gasteiger partial charge in [0.05, 0.1) is 17.0 Å². The van der Waals surface area contributed by atoms with Crippen LogP contribution in [0.15, 0.2) is 6.07 Å². The second-order valence-corrected chi connectivity index (χ2v) is 8.15. The Morgan fingerprint density at radius 3 is 2.60 bits per heavy atom. The average Bonchev–Trinajstić information content (AvgIpc) is 2.95. The minimum absolute atomic E-state index is 0.217. The molecule has 3 heterocycles. The third-order valence-corrected chi connectivity index (χ3v) is 6.42. The molecule has 20 heavy (non-hydrogen) atoms. The largest absolute Gasteiger partial charge is 0.476 e. The molecule has 2 atom stereocenters. The maximum absolute atomic E-state index is 12.4. The highest BCUT2D eigenvalue weighted by molar-refractivity contribution is 7.92. The molecule has 0 spiro atoms. The SMILES string of the molecule is CC1CN(C(=O)c2cc3n(n2)CCO3)CC(C)S1(=O)=O. The van der Waals surface area contributed by atoms with E-state index in [-0.39, 0.29) is 19.0 Å². The summed E-state index contributed by atoms with van der Waals surface area (Å²) in [4.78, 5) is 14.0. The third-order valence-electron chi connectivity index (χ3n) is 3.88. The van der Waals surface area contributed by atoms with E-state index in [0.717, 1.165) is 0 Å². The lowest BCUT2D eigenvalue weighted by Gasteiger charge is -2.34. The number of hydrogen-bond donors (Lipinski definition) is 0. The van der Waals surface area contributed by atoms with Crippen molar-refractivity contribution in [1.29, 1.82) is 0 Å². The maximum atomic E-state index is 12.4. The van der Waals surface area contributed by atoms with Crippen molar-refractivity contribution in [2.75, 3.05) is 19.7 Å². The van der Waals surface area contributed by atoms with Crippen LogP contribution >= 0.6 is 0 Å². The molecule has 0 aromatic carbocycles. The highest BCUT2D eigenvalue weighted by Crippen LogP contribution is 2.23. The predicted octanol–water partition coefficient (Wildman–Crippen LogP) is -0.0769. The second-order valence-electron chi connectivity index (χ2n) is 5.36. The molecule has 0 radical (unpaired) electrons. The average molecular weight is 299 g/mol. The van der Waals surface area contributed by atoms with Gasteiger partial charge in [0.2, 0.25) is 5.88 Å². The van der Waals surface area contributed by atoms with Gasteiger partial charge in [-0.2, -0.15) is 5.10 Å². The second kappa shape index (κ2) is 4.47. The van der Waals surface area contributed by atoms with E-state index in [1.807, 2.05) is 0 Å². The van der Waals surface area contributed by atoms with Gasteiger partial charge in [-0.1, -0.05) is 0 Å². The Morgan fingerprint density at radius 1 is 1.35 bits per heavy atom. The first kappa shape index (κ1) is 13.4. The smallest absolute Gasteiger partial charge is 0.274 e. The standard InChI is InChI=1S/C12H17N3O4S/c1-8-6-14(7-9(2)20(8,17)18)12(16)10-5-11-15(13-10)3-4-19-11/h5,8-9H,3-4,6-7H2,1-2H3. The number of aromatic nitrogens is 2. The van der Waals surface area contributed by atoms with E-state index in [9.17, 15) is 13.2 Å². The summed E-state index contributed by atoms with van der Waals surface area (Å²) in [7, 11) is -3.13. The molecule has 7 nitrogen and oxygen atoms in total. The molecule has 0 N–H and O–H groups in total. The monoisotopic (exact) mass is 299 g/mol. The van der Waals surface area contributed by atoms with Crippen molar-refractivity contribution >= 4 is 15.7 Å². The predicted molar refractivity (Wildman–Crippen MR) is 71.5 cm³/mol. The molecule has 2 aliphatic rings. The summed E-state index contributed by atoms with van der Waals surface area (Å²) in [5, 5.41) is 3.12. The lowest BCUT2D eigenvalue weighted by molar-refractivity contribution is 0.0742. The number of amides is 1. The maximum Gasteiger partial charge on any atom is 0.274 e. The van der Waals surface area contributed by atoms with Gasteiger partial charge in [-0.15, -0.1) is 0 Å². The molecule has 1 aromatic heterocycles. The zero-order valence-electron chi connectivity index (χ0n) is 11.4. The highest BCUT2D eigenvalue weighted by atomic mass is 32.2. The number of carbonyl (C=O) groups excluding carboxylic acids is 1. The van der Waals surface area contributed by atoms with Gasteiger partial charge in [0.15, 0.2) is 15.5 Å². The molecule has 1 aromatic rings. The number of carbonyl (C=O) groups is 1. The molecule has 0 saturated carbocycles. The molecule has 1 saturated heterocycles. The van der Waals surface area contributed by atoms with Crippen molar-refractivity contribution in [3.05, 3.63) is 11.8 Å². The minimum Gasteiger partial charge on any atom is -0.476 e. The Labute approximate surface area is 117 Å². The Kier molecular flexibility index (Phi) is 3.00. The zero-order valence-corrected chi connectivity index (χ0v) is 12.3. The number of hydrogen-bond acceptors (Lipinski definition) is 5. The van der Waals surface area contributed by atoms with Crippen molar-refractivity contribution in [1.82, 2.24) is 14.7 Å². The van der Waals surface area contributed by atoms with E-state index in [1.54, 1.807) is 29.5 Å². The van der Waals surface area contributed by atoms with Gasteiger partial charge in [0, 0.05) is 19.2 Å². The van der Waals surface area contributed by atoms with E-state index < -0.39 is 20.3 Å². The van der Waals surface area contributed by atoms with Crippen molar-refractivity contribution in [3.8, 4) is 5.88 Å². The van der Waals surface area contributed by atoms with Crippen LogP contribution in [0.1, 0.15) is 24.3 Å². The van der Waals surface area contributed by atoms with Gasteiger partial charge >= 0.3 is 0 Å². The van der Waals surface area contributed by atoms with Gasteiger partial charge in [-0.3, -0.25) is 4.79 Å². The van der Waals surface area contributed by atoms with Crippen LogP contribution in [0.4, 0.5) is 0 Å². The molecule has 110 valence electrons. The molecular weight excluding hydrogens is 282 g/mol. The molecule has 0 aliphatic carbocycles. The molecule has 8 heteroatoms. The fraction of sp³-hybridized carbons (Fsp3) is 0.667. The van der Waals surface area contributed by atoms with E-state index in [0.29, 0.717) is 24.7 Å². The minimum atomic E-state index is -3.13. The number of rotatable bonds is 1. The van der Waals surface area contributed by atoms with E-state index >= 15 is 0 Å². The van der Waals surface area contributed by atoms with Crippen LogP contribution in [0.5, 0.6) is 5.88 Å². The number of nitrogens with zero attached hydrogens (tertiary/aromatic N) is 3. The number of ether oxygens (including phenoxy) is 1. The van der Waals surface area contributed by atoms with Crippen LogP contribution in [-0.4, -0.2) is 59.2 Å². The summed E-state index contributed by atoms with van der Waals surface area (Å²) < 4.78 is 30.9. The quantitative estimate of drug-likeness (QED) is 0.724. The summed E-state index contributed by atoms with van der Waals surface area (Å²) in [6.07, 6.45) is 0. The summed E-state index contributed by atoms with van der Waals surface area (Å²) in [6.45, 7) is 4.93. The summed E-state index contributed by atoms with van der Waals surface area (Å²) >= 11 is 0. The molecule has 0 bridgehead atoms. The van der Waals surface area contributed by atoms with E-state index in [2.05, 4.69) is 5.10 Å². The normalized spacial score (nSPS) is 28.0. The molecule has 1 fully saturated rings. The first-order chi connectivity index (χ1) is 9.39. The number of fused-ring (bicyclic) bond motifs is 1. The van der Waals surface area contributed by atoms with Gasteiger partial charge in [-0.05, 0) is 13.8 Å². The topological polar surface area (TPSA) is 81.5 Å². The van der Waals surface area contributed by atoms with Gasteiger partial charge < -0.3 is 9.64 Å². The molecular formula is C12H17N3O4S. The summed E-state index contributed by atoms with van der Waals surface area (Å²) in [6, 6.07) is 1.62. The fourth-order valence-electron chi connectivity index (χ4n) is 2.64. The van der Waals surface area contributed by atoms with Crippen LogP contribution in [0.2, 0.25) is 0 Å². The van der Waals surface area contributed by atoms with Gasteiger partial charge in [-0.25, -0.2) is 13.1 Å². The van der Waals surface area contributed by atoms with Crippen molar-refractivity contribution in [2.24, 2.45) is 0 Å². The molecule has 2 aliphatic heterocycles. The van der Waals surface area contributed by atoms with Crippen LogP contribution in [0.25, 0.3) is 0 Å². The van der Waals surface area contributed by atoms with Crippen LogP contribution < -0.4 is 4.74 Å². The summed E-state index contributed by atoms with van der Waals surface area (Å²) in [5.41, 5.74) is 0.318. The Balaban J connectivity index is 1.81. The Morgan fingerprint density at radius 2 is 2.00 bits per heavy atom. The van der Waals surface area contributed by atoms with Crippen LogP contribution in [0, 0.1) is 0 Å². The molecule has 1 amide bonds.